The molecule has 19 heavy (non-hydrogen) atoms. The molecule has 2 rings (SSSR count). The van der Waals surface area contributed by atoms with Crippen LogP contribution in [-0.2, 0) is 17.6 Å². The zero-order valence-electron chi connectivity index (χ0n) is 10.9. The third kappa shape index (κ3) is 3.73. The molecule has 0 aliphatic carbocycles. The Hall–Kier alpha value is -1.49. The van der Waals surface area contributed by atoms with Gasteiger partial charge < -0.3 is 4.52 Å². The van der Waals surface area contributed by atoms with Crippen molar-refractivity contribution in [2.45, 2.75) is 26.7 Å². The van der Waals surface area contributed by atoms with E-state index in [-0.39, 0.29) is 18.1 Å². The second kappa shape index (κ2) is 6.10. The molecule has 100 valence electrons. The van der Waals surface area contributed by atoms with Crippen molar-refractivity contribution in [3.63, 3.8) is 0 Å². The maximum atomic E-state index is 11.6. The Morgan fingerprint density at radius 2 is 2.11 bits per heavy atom. The van der Waals surface area contributed by atoms with E-state index >= 15 is 0 Å². The number of carbonyl (C=O) groups is 1. The zero-order valence-corrected chi connectivity index (χ0v) is 12.5. The maximum absolute atomic E-state index is 11.6. The van der Waals surface area contributed by atoms with E-state index in [1.807, 2.05) is 38.1 Å². The Balaban J connectivity index is 2.06. The van der Waals surface area contributed by atoms with Crippen molar-refractivity contribution < 1.29 is 9.32 Å². The maximum Gasteiger partial charge on any atom is 0.234 e. The summed E-state index contributed by atoms with van der Waals surface area (Å²) in [5, 5.41) is 3.91. The first-order valence-corrected chi connectivity index (χ1v) is 6.93. The molecule has 0 aliphatic rings. The van der Waals surface area contributed by atoms with Gasteiger partial charge in [0.1, 0.15) is 5.78 Å². The van der Waals surface area contributed by atoms with Crippen LogP contribution in [0.25, 0.3) is 0 Å². The van der Waals surface area contributed by atoms with Crippen LogP contribution in [0, 0.1) is 5.92 Å². The van der Waals surface area contributed by atoms with Gasteiger partial charge in [-0.3, -0.25) is 4.79 Å². The molecule has 0 saturated carbocycles. The second-order valence-electron chi connectivity index (χ2n) is 4.67. The number of ketones is 1. The average Bonchev–Trinajstić information content (AvgIpc) is 2.79. The van der Waals surface area contributed by atoms with Crippen LogP contribution < -0.4 is 0 Å². The lowest BCUT2D eigenvalue weighted by molar-refractivity contribution is -0.121. The number of Topliss-reactive ketones (excluding diaryl/α,β-unsaturated/α-hetero) is 1. The molecule has 1 aromatic carbocycles. The number of carbonyl (C=O) groups excluding carboxylic acids is 1. The highest BCUT2D eigenvalue weighted by atomic mass is 79.9. The summed E-state index contributed by atoms with van der Waals surface area (Å²) in [6, 6.07) is 7.89. The smallest absolute Gasteiger partial charge is 0.234 e. The van der Waals surface area contributed by atoms with Gasteiger partial charge in [-0.1, -0.05) is 53.1 Å². The van der Waals surface area contributed by atoms with Crippen LogP contribution in [0.1, 0.15) is 31.1 Å². The number of hydrogen-bond acceptors (Lipinski definition) is 4. The van der Waals surface area contributed by atoms with Crippen LogP contribution in [0.2, 0.25) is 0 Å². The van der Waals surface area contributed by atoms with E-state index in [1.165, 1.54) is 0 Å². The van der Waals surface area contributed by atoms with E-state index < -0.39 is 0 Å². The lowest BCUT2D eigenvalue weighted by Gasteiger charge is -1.99. The zero-order chi connectivity index (χ0) is 13.8. The van der Waals surface area contributed by atoms with Gasteiger partial charge in [-0.05, 0) is 11.6 Å². The molecule has 2 aromatic rings. The van der Waals surface area contributed by atoms with E-state index in [0.717, 1.165) is 10.0 Å². The first-order chi connectivity index (χ1) is 9.06. The normalized spacial score (nSPS) is 10.9. The lowest BCUT2D eigenvalue weighted by Crippen LogP contribution is -2.10. The molecular formula is C14H15BrN2O2. The minimum absolute atomic E-state index is 0.0152. The largest absolute Gasteiger partial charge is 0.339 e. The summed E-state index contributed by atoms with van der Waals surface area (Å²) in [4.78, 5) is 15.8. The summed E-state index contributed by atoms with van der Waals surface area (Å²) >= 11 is 3.48. The molecule has 5 heteroatoms. The molecular weight excluding hydrogens is 308 g/mol. The monoisotopic (exact) mass is 322 g/mol. The van der Waals surface area contributed by atoms with Gasteiger partial charge in [0.2, 0.25) is 5.89 Å². The van der Waals surface area contributed by atoms with Crippen LogP contribution in [0.3, 0.4) is 0 Å². The molecule has 0 fully saturated rings. The van der Waals surface area contributed by atoms with E-state index in [9.17, 15) is 4.79 Å². The summed E-state index contributed by atoms with van der Waals surface area (Å²) in [5.41, 5.74) is 1.09. The van der Waals surface area contributed by atoms with Crippen LogP contribution in [0.15, 0.2) is 33.3 Å². The van der Waals surface area contributed by atoms with Gasteiger partial charge in [-0.15, -0.1) is 0 Å². The van der Waals surface area contributed by atoms with Crippen LogP contribution in [-0.4, -0.2) is 15.9 Å². The highest BCUT2D eigenvalue weighted by Gasteiger charge is 2.14. The van der Waals surface area contributed by atoms with E-state index in [4.69, 9.17) is 4.52 Å². The fraction of sp³-hybridized carbons (Fsp3) is 0.357. The third-order valence-electron chi connectivity index (χ3n) is 2.79. The molecule has 0 spiro atoms. The fourth-order valence-electron chi connectivity index (χ4n) is 1.60. The molecule has 0 N–H and O–H groups in total. The standard InChI is InChI=1S/C14H15BrN2O2/c1-9(2)12(18)8-14-16-13(17-19-14)7-10-5-3-4-6-11(10)15/h3-6,9H,7-8H2,1-2H3. The first kappa shape index (κ1) is 13.9. The van der Waals surface area contributed by atoms with Gasteiger partial charge in [0.25, 0.3) is 0 Å². The van der Waals surface area contributed by atoms with E-state index in [0.29, 0.717) is 18.1 Å². The molecule has 4 nitrogen and oxygen atoms in total. The van der Waals surface area contributed by atoms with Gasteiger partial charge in [0, 0.05) is 16.8 Å². The lowest BCUT2D eigenvalue weighted by atomic mass is 10.1. The van der Waals surface area contributed by atoms with Crippen molar-refractivity contribution in [1.82, 2.24) is 10.1 Å². The van der Waals surface area contributed by atoms with Gasteiger partial charge >= 0.3 is 0 Å². The van der Waals surface area contributed by atoms with Crippen LogP contribution in [0.4, 0.5) is 0 Å². The summed E-state index contributed by atoms with van der Waals surface area (Å²) in [7, 11) is 0. The summed E-state index contributed by atoms with van der Waals surface area (Å²) in [6.45, 7) is 3.72. The third-order valence-corrected chi connectivity index (χ3v) is 3.56. The van der Waals surface area contributed by atoms with Crippen molar-refractivity contribution in [1.29, 1.82) is 0 Å². The van der Waals surface area contributed by atoms with E-state index in [2.05, 4.69) is 26.1 Å². The van der Waals surface area contributed by atoms with Gasteiger partial charge in [-0.25, -0.2) is 0 Å². The number of aromatic nitrogens is 2. The molecule has 0 saturated heterocycles. The number of halogens is 1. The Labute approximate surface area is 120 Å². The predicted molar refractivity (Wildman–Crippen MR) is 74.8 cm³/mol. The van der Waals surface area contributed by atoms with Crippen molar-refractivity contribution in [3.8, 4) is 0 Å². The van der Waals surface area contributed by atoms with Gasteiger partial charge in [-0.2, -0.15) is 4.98 Å². The number of hydrogen-bond donors (Lipinski definition) is 0. The predicted octanol–water partition coefficient (Wildman–Crippen LogP) is 3.19. The summed E-state index contributed by atoms with van der Waals surface area (Å²) in [5.74, 6) is 1.08. The molecule has 1 aromatic heterocycles. The molecule has 0 bridgehead atoms. The van der Waals surface area contributed by atoms with Crippen molar-refractivity contribution in [3.05, 3.63) is 46.0 Å². The van der Waals surface area contributed by atoms with Crippen molar-refractivity contribution >= 4 is 21.7 Å². The van der Waals surface area contributed by atoms with Gasteiger partial charge in [0.15, 0.2) is 5.82 Å². The summed E-state index contributed by atoms with van der Waals surface area (Å²) < 4.78 is 6.11. The van der Waals surface area contributed by atoms with Crippen LogP contribution in [0.5, 0.6) is 0 Å². The Bertz CT molecular complexity index is 578. The molecule has 0 atom stereocenters. The minimum atomic E-state index is -0.0152. The quantitative estimate of drug-likeness (QED) is 0.848. The highest BCUT2D eigenvalue weighted by Crippen LogP contribution is 2.18. The van der Waals surface area contributed by atoms with Crippen LogP contribution >= 0.6 is 15.9 Å². The Morgan fingerprint density at radius 1 is 1.37 bits per heavy atom. The average molecular weight is 323 g/mol. The Kier molecular flexibility index (Phi) is 4.47. The molecule has 0 radical (unpaired) electrons. The topological polar surface area (TPSA) is 56.0 Å². The minimum Gasteiger partial charge on any atom is -0.339 e. The molecule has 0 unspecified atom stereocenters. The van der Waals surface area contributed by atoms with Crippen molar-refractivity contribution in [2.75, 3.05) is 0 Å². The number of nitrogens with zero attached hydrogens (tertiary/aromatic N) is 2. The molecule has 0 amide bonds. The molecule has 1 heterocycles. The second-order valence-corrected chi connectivity index (χ2v) is 5.52. The molecule has 0 aliphatic heterocycles. The SMILES string of the molecule is CC(C)C(=O)Cc1nc(Cc2ccccc2Br)no1. The summed E-state index contributed by atoms with van der Waals surface area (Å²) in [6.07, 6.45) is 0.793. The highest BCUT2D eigenvalue weighted by molar-refractivity contribution is 9.10. The number of benzene rings is 1. The van der Waals surface area contributed by atoms with Gasteiger partial charge in [0.05, 0.1) is 6.42 Å². The Morgan fingerprint density at radius 3 is 2.79 bits per heavy atom. The first-order valence-electron chi connectivity index (χ1n) is 6.14. The number of rotatable bonds is 5. The van der Waals surface area contributed by atoms with Crippen molar-refractivity contribution in [2.24, 2.45) is 5.92 Å². The van der Waals surface area contributed by atoms with E-state index in [1.54, 1.807) is 0 Å². The fourth-order valence-corrected chi connectivity index (χ4v) is 2.02.